The quantitative estimate of drug-likeness (QED) is 0.700. The molecule has 0 saturated heterocycles. The van der Waals surface area contributed by atoms with E-state index in [1.807, 2.05) is 12.3 Å². The molecule has 0 unspecified atom stereocenters. The van der Waals surface area contributed by atoms with Crippen molar-refractivity contribution in [2.75, 3.05) is 6.26 Å². The van der Waals surface area contributed by atoms with Crippen LogP contribution in [0.5, 0.6) is 0 Å². The minimum atomic E-state index is 0.143. The third-order valence-corrected chi connectivity index (χ3v) is 3.00. The molecule has 0 N–H and O–H groups in total. The fourth-order valence-corrected chi connectivity index (χ4v) is 2.10. The second-order valence-electron chi connectivity index (χ2n) is 2.42. The van der Waals surface area contributed by atoms with Crippen molar-refractivity contribution in [3.8, 4) is 0 Å². The van der Waals surface area contributed by atoms with E-state index in [1.165, 1.54) is 0 Å². The summed E-state index contributed by atoms with van der Waals surface area (Å²) in [6, 6.07) is 3.58. The number of thioether (sulfide) groups is 1. The third-order valence-electron chi connectivity index (χ3n) is 1.64. The van der Waals surface area contributed by atoms with Crippen molar-refractivity contribution in [3.05, 3.63) is 22.5 Å². The Hall–Kier alpha value is -0.380. The number of benzene rings is 1. The molecular weight excluding hydrogens is 229 g/mol. The maximum atomic E-state index is 5.97. The highest BCUT2D eigenvalue weighted by Gasteiger charge is 2.07. The van der Waals surface area contributed by atoms with Crippen molar-refractivity contribution in [2.24, 2.45) is 0 Å². The number of hydrogen-bond acceptors (Lipinski definition) is 3. The summed E-state index contributed by atoms with van der Waals surface area (Å²) in [6.45, 7) is 0. The highest BCUT2D eigenvalue weighted by Crippen LogP contribution is 2.31. The van der Waals surface area contributed by atoms with E-state index < -0.39 is 0 Å². The van der Waals surface area contributed by atoms with Crippen molar-refractivity contribution in [1.82, 2.24) is 4.98 Å². The lowest BCUT2D eigenvalue weighted by atomic mass is 10.3. The molecule has 13 heavy (non-hydrogen) atoms. The molecule has 0 fully saturated rings. The Bertz CT molecular complexity index is 455. The van der Waals surface area contributed by atoms with E-state index in [0.29, 0.717) is 16.1 Å². The lowest BCUT2D eigenvalue weighted by molar-refractivity contribution is 0.604. The van der Waals surface area contributed by atoms with Gasteiger partial charge in [-0.1, -0.05) is 11.6 Å². The highest BCUT2D eigenvalue weighted by molar-refractivity contribution is 7.98. The molecule has 0 aliphatic rings. The van der Waals surface area contributed by atoms with Crippen molar-refractivity contribution in [1.29, 1.82) is 0 Å². The molecule has 0 bridgehead atoms. The molecule has 2 rings (SSSR count). The fraction of sp³-hybridized carbons (Fsp3) is 0.125. The summed E-state index contributed by atoms with van der Waals surface area (Å²) in [5, 5.41) is 0.814. The van der Waals surface area contributed by atoms with Crippen LogP contribution in [0.4, 0.5) is 0 Å². The Labute approximate surface area is 89.2 Å². The van der Waals surface area contributed by atoms with Gasteiger partial charge in [-0.2, -0.15) is 4.98 Å². The lowest BCUT2D eigenvalue weighted by Crippen LogP contribution is -1.74. The summed E-state index contributed by atoms with van der Waals surface area (Å²) in [6.07, 6.45) is 1.95. The zero-order valence-corrected chi connectivity index (χ0v) is 9.00. The Kier molecular flexibility index (Phi) is 2.41. The zero-order valence-electron chi connectivity index (χ0n) is 6.67. The molecule has 5 heteroatoms. The molecule has 68 valence electrons. The number of rotatable bonds is 1. The summed E-state index contributed by atoms with van der Waals surface area (Å²) in [5.74, 6) is 0. The van der Waals surface area contributed by atoms with Gasteiger partial charge in [-0.05, 0) is 30.0 Å². The summed E-state index contributed by atoms with van der Waals surface area (Å²) in [5.41, 5.74) is 1.35. The first-order valence-corrected chi connectivity index (χ1v) is 5.48. The van der Waals surface area contributed by atoms with Gasteiger partial charge in [0.15, 0.2) is 5.58 Å². The SMILES string of the molecule is CSc1cc2oc(Cl)nc2cc1Cl. The summed E-state index contributed by atoms with van der Waals surface area (Å²) in [7, 11) is 0. The second-order valence-corrected chi connectivity index (χ2v) is 4.00. The standard InChI is InChI=1S/C8H5Cl2NOS/c1-13-7-3-6-5(2-4(7)9)11-8(10)12-6/h2-3H,1H3. The van der Waals surface area contributed by atoms with E-state index in [-0.39, 0.29) is 5.35 Å². The Morgan fingerprint density at radius 1 is 1.38 bits per heavy atom. The normalized spacial score (nSPS) is 11.0. The van der Waals surface area contributed by atoms with E-state index in [2.05, 4.69) is 4.98 Å². The van der Waals surface area contributed by atoms with Crippen molar-refractivity contribution < 1.29 is 4.42 Å². The lowest BCUT2D eigenvalue weighted by Gasteiger charge is -1.97. The topological polar surface area (TPSA) is 26.0 Å². The van der Waals surface area contributed by atoms with Gasteiger partial charge in [-0.15, -0.1) is 11.8 Å². The number of aromatic nitrogens is 1. The predicted molar refractivity (Wildman–Crippen MR) is 55.8 cm³/mol. The van der Waals surface area contributed by atoms with Crippen LogP contribution >= 0.6 is 35.0 Å². The maximum absolute atomic E-state index is 5.97. The number of nitrogens with zero attached hydrogens (tertiary/aromatic N) is 1. The Morgan fingerprint density at radius 2 is 2.15 bits per heavy atom. The molecule has 2 nitrogen and oxygen atoms in total. The molecule has 0 atom stereocenters. The molecule has 0 saturated carbocycles. The van der Waals surface area contributed by atoms with E-state index in [4.69, 9.17) is 27.6 Å². The monoisotopic (exact) mass is 233 g/mol. The van der Waals surface area contributed by atoms with Crippen LogP contribution < -0.4 is 0 Å². The maximum Gasteiger partial charge on any atom is 0.293 e. The minimum absolute atomic E-state index is 0.143. The number of halogens is 2. The van der Waals surface area contributed by atoms with Crippen LogP contribution in [0, 0.1) is 0 Å². The molecule has 0 spiro atoms. The summed E-state index contributed by atoms with van der Waals surface area (Å²) in [4.78, 5) is 4.91. The van der Waals surface area contributed by atoms with Crippen LogP contribution in [0.25, 0.3) is 11.1 Å². The molecule has 1 heterocycles. The van der Waals surface area contributed by atoms with Gasteiger partial charge in [-0.3, -0.25) is 0 Å². The first-order valence-electron chi connectivity index (χ1n) is 3.50. The average Bonchev–Trinajstić information content (AvgIpc) is 2.42. The molecule has 0 radical (unpaired) electrons. The molecule has 2 aromatic rings. The Morgan fingerprint density at radius 3 is 2.85 bits per heavy atom. The van der Waals surface area contributed by atoms with E-state index in [0.717, 1.165) is 4.90 Å². The van der Waals surface area contributed by atoms with Gasteiger partial charge in [0.1, 0.15) is 5.52 Å². The van der Waals surface area contributed by atoms with Crippen LogP contribution in [-0.4, -0.2) is 11.2 Å². The van der Waals surface area contributed by atoms with Gasteiger partial charge in [-0.25, -0.2) is 0 Å². The van der Waals surface area contributed by atoms with Crippen molar-refractivity contribution in [3.63, 3.8) is 0 Å². The van der Waals surface area contributed by atoms with E-state index in [1.54, 1.807) is 17.8 Å². The summed E-state index contributed by atoms with van der Waals surface area (Å²) < 4.78 is 5.15. The number of oxazole rings is 1. The fourth-order valence-electron chi connectivity index (χ4n) is 1.06. The van der Waals surface area contributed by atoms with Crippen LogP contribution in [0.15, 0.2) is 21.4 Å². The largest absolute Gasteiger partial charge is 0.428 e. The van der Waals surface area contributed by atoms with Crippen LogP contribution in [-0.2, 0) is 0 Å². The van der Waals surface area contributed by atoms with Crippen molar-refractivity contribution >= 4 is 46.1 Å². The van der Waals surface area contributed by atoms with Gasteiger partial charge in [0.25, 0.3) is 5.35 Å². The molecule has 0 aliphatic carbocycles. The molecule has 0 aliphatic heterocycles. The third kappa shape index (κ3) is 1.64. The number of fused-ring (bicyclic) bond motifs is 1. The van der Waals surface area contributed by atoms with Gasteiger partial charge >= 0.3 is 0 Å². The van der Waals surface area contributed by atoms with Crippen molar-refractivity contribution in [2.45, 2.75) is 4.90 Å². The zero-order chi connectivity index (χ0) is 9.42. The molecule has 1 aromatic heterocycles. The summed E-state index contributed by atoms with van der Waals surface area (Å²) >= 11 is 13.1. The molecular formula is C8H5Cl2NOS. The molecule has 1 aromatic carbocycles. The molecule has 0 amide bonds. The Balaban J connectivity index is 2.72. The second kappa shape index (κ2) is 3.40. The predicted octanol–water partition coefficient (Wildman–Crippen LogP) is 3.86. The van der Waals surface area contributed by atoms with Gasteiger partial charge < -0.3 is 4.42 Å². The first kappa shape index (κ1) is 9.19. The average molecular weight is 234 g/mol. The van der Waals surface area contributed by atoms with Gasteiger partial charge in [0, 0.05) is 4.90 Å². The number of hydrogen-bond donors (Lipinski definition) is 0. The highest BCUT2D eigenvalue weighted by atomic mass is 35.5. The first-order chi connectivity index (χ1) is 6.20. The van der Waals surface area contributed by atoms with Crippen LogP contribution in [0.1, 0.15) is 0 Å². The van der Waals surface area contributed by atoms with Gasteiger partial charge in [0.05, 0.1) is 5.02 Å². The van der Waals surface area contributed by atoms with Crippen LogP contribution in [0.3, 0.4) is 0 Å². The van der Waals surface area contributed by atoms with E-state index >= 15 is 0 Å². The van der Waals surface area contributed by atoms with Crippen LogP contribution in [0.2, 0.25) is 10.4 Å². The van der Waals surface area contributed by atoms with Gasteiger partial charge in [0.2, 0.25) is 0 Å². The van der Waals surface area contributed by atoms with E-state index in [9.17, 15) is 0 Å². The minimum Gasteiger partial charge on any atom is -0.428 e. The smallest absolute Gasteiger partial charge is 0.293 e.